The van der Waals surface area contributed by atoms with Crippen molar-refractivity contribution in [1.82, 2.24) is 0 Å². The van der Waals surface area contributed by atoms with Crippen molar-refractivity contribution in [3.63, 3.8) is 0 Å². The Morgan fingerprint density at radius 3 is 1.43 bits per heavy atom. The second kappa shape index (κ2) is 9.35. The average molecular weight is 103 g/mol. The lowest BCUT2D eigenvalue weighted by Gasteiger charge is -1.91. The summed E-state index contributed by atoms with van der Waals surface area (Å²) in [5.74, 6) is 0.662. The van der Waals surface area contributed by atoms with E-state index in [9.17, 15) is 0 Å². The molecular weight excluding hydrogens is 86.1 g/mol. The van der Waals surface area contributed by atoms with E-state index >= 15 is 0 Å². The fraction of sp³-hybridized carbons (Fsp3) is 1.00. The summed E-state index contributed by atoms with van der Waals surface area (Å²) in [6, 6.07) is 0. The largest absolute Gasteiger partial charge is 0.330 e. The van der Waals surface area contributed by atoms with Crippen LogP contribution in [0.3, 0.4) is 0 Å². The lowest BCUT2D eigenvalue weighted by atomic mass is 10.2. The minimum absolute atomic E-state index is 0.662. The van der Waals surface area contributed by atoms with Gasteiger partial charge in [-0.2, -0.15) is 0 Å². The van der Waals surface area contributed by atoms with Crippen LogP contribution in [0.5, 0.6) is 0 Å². The van der Waals surface area contributed by atoms with Crippen molar-refractivity contribution in [3.8, 4) is 0 Å². The first-order chi connectivity index (χ1) is 3.27. The number of nitrogens with two attached hydrogens (primary N) is 1. The lowest BCUT2D eigenvalue weighted by Crippen LogP contribution is -2.05. The van der Waals surface area contributed by atoms with Crippen LogP contribution in [0.25, 0.3) is 0 Å². The van der Waals surface area contributed by atoms with Crippen LogP contribution >= 0.6 is 0 Å². The van der Waals surface area contributed by atoms with Gasteiger partial charge in [0.05, 0.1) is 0 Å². The van der Waals surface area contributed by atoms with Crippen LogP contribution in [-0.2, 0) is 0 Å². The van der Waals surface area contributed by atoms with E-state index in [-0.39, 0.29) is 0 Å². The smallest absolute Gasteiger partial charge is 0.00541 e. The Kier molecular flexibility index (Phi) is 13.4. The van der Waals surface area contributed by atoms with Crippen molar-refractivity contribution < 1.29 is 0 Å². The quantitative estimate of drug-likeness (QED) is 0.536. The monoisotopic (exact) mass is 103 g/mol. The molecule has 0 rings (SSSR count). The molecule has 0 saturated heterocycles. The molecule has 0 aliphatic rings. The fourth-order valence-electron chi connectivity index (χ4n) is 0. The van der Waals surface area contributed by atoms with E-state index in [2.05, 4.69) is 13.8 Å². The van der Waals surface area contributed by atoms with E-state index in [1.54, 1.807) is 0 Å². The van der Waals surface area contributed by atoms with Crippen LogP contribution in [-0.4, -0.2) is 6.54 Å². The van der Waals surface area contributed by atoms with Gasteiger partial charge in [-0.15, -0.1) is 0 Å². The second-order valence-electron chi connectivity index (χ2n) is 1.63. The summed E-state index contributed by atoms with van der Waals surface area (Å²) in [5.41, 5.74) is 5.17. The van der Waals surface area contributed by atoms with Crippen molar-refractivity contribution >= 4 is 0 Å². The van der Waals surface area contributed by atoms with Crippen molar-refractivity contribution in [2.75, 3.05) is 6.54 Å². The van der Waals surface area contributed by atoms with Gasteiger partial charge in [-0.05, 0) is 12.5 Å². The van der Waals surface area contributed by atoms with Gasteiger partial charge in [0.15, 0.2) is 0 Å². The van der Waals surface area contributed by atoms with Crippen molar-refractivity contribution in [3.05, 3.63) is 0 Å². The zero-order valence-corrected chi connectivity index (χ0v) is 5.86. The highest BCUT2D eigenvalue weighted by atomic mass is 14.5. The molecule has 0 aliphatic heterocycles. The SMILES string of the molecule is CC.CC(C)CN. The predicted molar refractivity (Wildman–Crippen MR) is 35.2 cm³/mol. The first-order valence-corrected chi connectivity index (χ1v) is 2.97. The highest BCUT2D eigenvalue weighted by Crippen LogP contribution is 1.81. The van der Waals surface area contributed by atoms with E-state index in [1.807, 2.05) is 13.8 Å². The number of hydrogen-bond donors (Lipinski definition) is 1. The Morgan fingerprint density at radius 1 is 1.29 bits per heavy atom. The molecule has 0 fully saturated rings. The second-order valence-corrected chi connectivity index (χ2v) is 1.63. The van der Waals surface area contributed by atoms with E-state index in [0.717, 1.165) is 6.54 Å². The summed E-state index contributed by atoms with van der Waals surface area (Å²) >= 11 is 0. The minimum Gasteiger partial charge on any atom is -0.330 e. The third-order valence-corrected chi connectivity index (χ3v) is 0.471. The molecule has 1 nitrogen and oxygen atoms in total. The van der Waals surface area contributed by atoms with E-state index < -0.39 is 0 Å². The van der Waals surface area contributed by atoms with Gasteiger partial charge in [-0.1, -0.05) is 27.7 Å². The molecule has 0 heterocycles. The van der Waals surface area contributed by atoms with E-state index in [0.29, 0.717) is 5.92 Å². The van der Waals surface area contributed by atoms with Crippen LogP contribution in [0, 0.1) is 5.92 Å². The summed E-state index contributed by atoms with van der Waals surface area (Å²) in [6.45, 7) is 9.00. The van der Waals surface area contributed by atoms with Crippen LogP contribution in [0.4, 0.5) is 0 Å². The maximum absolute atomic E-state index is 5.17. The zero-order chi connectivity index (χ0) is 6.28. The van der Waals surface area contributed by atoms with Gasteiger partial charge in [0, 0.05) is 0 Å². The topological polar surface area (TPSA) is 26.0 Å². The van der Waals surface area contributed by atoms with Crippen LogP contribution in [0.1, 0.15) is 27.7 Å². The van der Waals surface area contributed by atoms with Gasteiger partial charge >= 0.3 is 0 Å². The van der Waals surface area contributed by atoms with Crippen molar-refractivity contribution in [1.29, 1.82) is 0 Å². The van der Waals surface area contributed by atoms with Crippen LogP contribution < -0.4 is 5.73 Å². The van der Waals surface area contributed by atoms with Crippen LogP contribution in [0.15, 0.2) is 0 Å². The highest BCUT2D eigenvalue weighted by molar-refractivity contribution is 4.38. The number of hydrogen-bond acceptors (Lipinski definition) is 1. The molecule has 0 bridgehead atoms. The van der Waals surface area contributed by atoms with Crippen molar-refractivity contribution in [2.24, 2.45) is 11.7 Å². The highest BCUT2D eigenvalue weighted by Gasteiger charge is 1.80. The first kappa shape index (κ1) is 10.0. The summed E-state index contributed by atoms with van der Waals surface area (Å²) in [7, 11) is 0. The van der Waals surface area contributed by atoms with Gasteiger partial charge in [-0.3, -0.25) is 0 Å². The zero-order valence-electron chi connectivity index (χ0n) is 5.86. The Bertz CT molecular complexity index is 18.1. The van der Waals surface area contributed by atoms with Crippen LogP contribution in [0.2, 0.25) is 0 Å². The summed E-state index contributed by atoms with van der Waals surface area (Å²) in [4.78, 5) is 0. The molecule has 0 aromatic heterocycles. The number of rotatable bonds is 1. The molecule has 0 amide bonds. The molecule has 2 N–H and O–H groups in total. The van der Waals surface area contributed by atoms with Crippen molar-refractivity contribution in [2.45, 2.75) is 27.7 Å². The summed E-state index contributed by atoms with van der Waals surface area (Å²) < 4.78 is 0. The third kappa shape index (κ3) is 24.3. The molecule has 46 valence electrons. The minimum atomic E-state index is 0.662. The molecule has 0 atom stereocenters. The molecule has 0 aromatic rings. The average Bonchev–Trinajstić information content (AvgIpc) is 1.73. The maximum atomic E-state index is 5.17. The molecular formula is C6H17N. The molecule has 0 radical (unpaired) electrons. The molecule has 0 aliphatic carbocycles. The van der Waals surface area contributed by atoms with Gasteiger partial charge in [-0.25, -0.2) is 0 Å². The van der Waals surface area contributed by atoms with Gasteiger partial charge in [0.2, 0.25) is 0 Å². The molecule has 0 unspecified atom stereocenters. The predicted octanol–water partition coefficient (Wildman–Crippen LogP) is 1.63. The Balaban J connectivity index is 0. The van der Waals surface area contributed by atoms with Gasteiger partial charge < -0.3 is 5.73 Å². The first-order valence-electron chi connectivity index (χ1n) is 2.97. The van der Waals surface area contributed by atoms with Gasteiger partial charge in [0.1, 0.15) is 0 Å². The Morgan fingerprint density at radius 2 is 1.43 bits per heavy atom. The molecule has 0 aromatic carbocycles. The molecule has 1 heteroatoms. The standard InChI is InChI=1S/C4H11N.C2H6/c1-4(2)3-5;1-2/h4H,3,5H2,1-2H3;1-2H3. The maximum Gasteiger partial charge on any atom is -0.00541 e. The van der Waals surface area contributed by atoms with E-state index in [1.165, 1.54) is 0 Å². The molecule has 0 spiro atoms. The normalized spacial score (nSPS) is 7.71. The molecule has 0 saturated carbocycles. The van der Waals surface area contributed by atoms with E-state index in [4.69, 9.17) is 5.73 Å². The molecule has 7 heavy (non-hydrogen) atoms. The third-order valence-electron chi connectivity index (χ3n) is 0.471. The summed E-state index contributed by atoms with van der Waals surface area (Å²) in [6.07, 6.45) is 0. The van der Waals surface area contributed by atoms with Gasteiger partial charge in [0.25, 0.3) is 0 Å². The Labute approximate surface area is 46.9 Å². The Hall–Kier alpha value is -0.0400. The fourth-order valence-corrected chi connectivity index (χ4v) is 0. The summed E-state index contributed by atoms with van der Waals surface area (Å²) in [5, 5.41) is 0. The lowest BCUT2D eigenvalue weighted by molar-refractivity contribution is 0.664.